The van der Waals surface area contributed by atoms with Crippen molar-refractivity contribution in [2.75, 3.05) is 13.1 Å². The Morgan fingerprint density at radius 3 is 2.53 bits per heavy atom. The second-order valence-corrected chi connectivity index (χ2v) is 4.75. The topological polar surface area (TPSA) is 12.0 Å². The van der Waals surface area contributed by atoms with E-state index >= 15 is 0 Å². The Morgan fingerprint density at radius 2 is 1.87 bits per heavy atom. The Hall–Kier alpha value is -0.820. The summed E-state index contributed by atoms with van der Waals surface area (Å²) < 4.78 is 0. The second kappa shape index (κ2) is 5.32. The van der Waals surface area contributed by atoms with E-state index in [1.807, 2.05) is 0 Å². The van der Waals surface area contributed by atoms with Gasteiger partial charge in [-0.15, -0.1) is 0 Å². The first kappa shape index (κ1) is 10.7. The summed E-state index contributed by atoms with van der Waals surface area (Å²) in [4.78, 5) is 0. The van der Waals surface area contributed by atoms with Crippen LogP contribution in [0.15, 0.2) is 30.3 Å². The second-order valence-electron chi connectivity index (χ2n) is 4.75. The van der Waals surface area contributed by atoms with Crippen molar-refractivity contribution in [1.29, 1.82) is 0 Å². The van der Waals surface area contributed by atoms with Gasteiger partial charge in [-0.1, -0.05) is 37.3 Å². The van der Waals surface area contributed by atoms with Crippen molar-refractivity contribution in [3.8, 4) is 0 Å². The lowest BCUT2D eigenvalue weighted by Gasteiger charge is -2.28. The molecular formula is C14H21N. The van der Waals surface area contributed by atoms with Crippen LogP contribution in [0.1, 0.15) is 25.3 Å². The standard InChI is InChI=1S/C14H21N/c1-12(14-7-9-15-10-8-14)11-13-5-3-2-4-6-13/h2-6,12,14-15H,7-11H2,1H3. The zero-order valence-corrected chi connectivity index (χ0v) is 9.58. The number of nitrogens with one attached hydrogen (secondary N) is 1. The molecule has 1 aliphatic rings. The van der Waals surface area contributed by atoms with Gasteiger partial charge in [0, 0.05) is 0 Å². The molecule has 0 saturated carbocycles. The van der Waals surface area contributed by atoms with Gasteiger partial charge in [0.25, 0.3) is 0 Å². The quantitative estimate of drug-likeness (QED) is 0.796. The van der Waals surface area contributed by atoms with Crippen LogP contribution >= 0.6 is 0 Å². The molecule has 2 rings (SSSR count). The highest BCUT2D eigenvalue weighted by atomic mass is 14.9. The van der Waals surface area contributed by atoms with Gasteiger partial charge < -0.3 is 5.32 Å². The molecule has 15 heavy (non-hydrogen) atoms. The molecule has 1 fully saturated rings. The first-order valence-electron chi connectivity index (χ1n) is 6.11. The van der Waals surface area contributed by atoms with E-state index in [-0.39, 0.29) is 0 Å². The minimum absolute atomic E-state index is 0.828. The van der Waals surface area contributed by atoms with Crippen LogP contribution in [0.5, 0.6) is 0 Å². The predicted molar refractivity (Wildman–Crippen MR) is 64.9 cm³/mol. The molecule has 0 aliphatic carbocycles. The monoisotopic (exact) mass is 203 g/mol. The van der Waals surface area contributed by atoms with E-state index < -0.39 is 0 Å². The Morgan fingerprint density at radius 1 is 1.20 bits per heavy atom. The molecule has 0 aromatic heterocycles. The average Bonchev–Trinajstić information content (AvgIpc) is 2.31. The maximum atomic E-state index is 3.43. The van der Waals surface area contributed by atoms with Gasteiger partial charge in [0.15, 0.2) is 0 Å². The number of rotatable bonds is 3. The summed E-state index contributed by atoms with van der Waals surface area (Å²) in [6.45, 7) is 4.83. The number of hydrogen-bond acceptors (Lipinski definition) is 1. The molecule has 1 aromatic rings. The van der Waals surface area contributed by atoms with Crippen LogP contribution < -0.4 is 5.32 Å². The summed E-state index contributed by atoms with van der Waals surface area (Å²) in [6, 6.07) is 10.9. The minimum Gasteiger partial charge on any atom is -0.317 e. The van der Waals surface area contributed by atoms with Gasteiger partial charge in [-0.05, 0) is 49.8 Å². The summed E-state index contributed by atoms with van der Waals surface area (Å²) >= 11 is 0. The van der Waals surface area contributed by atoms with E-state index in [2.05, 4.69) is 42.6 Å². The van der Waals surface area contributed by atoms with Gasteiger partial charge in [0.2, 0.25) is 0 Å². The zero-order chi connectivity index (χ0) is 10.5. The Kier molecular flexibility index (Phi) is 3.79. The minimum atomic E-state index is 0.828. The van der Waals surface area contributed by atoms with Crippen LogP contribution in [-0.2, 0) is 6.42 Å². The Labute approximate surface area is 92.9 Å². The largest absolute Gasteiger partial charge is 0.317 e. The predicted octanol–water partition coefficient (Wildman–Crippen LogP) is 2.86. The van der Waals surface area contributed by atoms with Crippen LogP contribution in [0.3, 0.4) is 0 Å². The molecule has 0 radical (unpaired) electrons. The van der Waals surface area contributed by atoms with Gasteiger partial charge in [-0.3, -0.25) is 0 Å². The summed E-state index contributed by atoms with van der Waals surface area (Å²) in [5.41, 5.74) is 1.49. The van der Waals surface area contributed by atoms with Gasteiger partial charge in [-0.2, -0.15) is 0 Å². The fraction of sp³-hybridized carbons (Fsp3) is 0.571. The van der Waals surface area contributed by atoms with Crippen LogP contribution in [0.4, 0.5) is 0 Å². The molecule has 0 bridgehead atoms. The molecule has 1 heterocycles. The third-order valence-corrected chi connectivity index (χ3v) is 3.59. The molecule has 1 N–H and O–H groups in total. The average molecular weight is 203 g/mol. The van der Waals surface area contributed by atoms with Crippen molar-refractivity contribution in [3.63, 3.8) is 0 Å². The number of benzene rings is 1. The summed E-state index contributed by atoms with van der Waals surface area (Å²) in [7, 11) is 0. The SMILES string of the molecule is CC(Cc1ccccc1)C1CCNCC1. The molecular weight excluding hydrogens is 182 g/mol. The maximum absolute atomic E-state index is 3.43. The van der Waals surface area contributed by atoms with E-state index in [1.54, 1.807) is 0 Å². The molecule has 1 saturated heterocycles. The first-order chi connectivity index (χ1) is 7.36. The Bertz CT molecular complexity index is 275. The molecule has 1 heteroatoms. The maximum Gasteiger partial charge on any atom is -0.00462 e. The van der Waals surface area contributed by atoms with E-state index in [0.29, 0.717) is 0 Å². The van der Waals surface area contributed by atoms with Crippen molar-refractivity contribution >= 4 is 0 Å². The van der Waals surface area contributed by atoms with Gasteiger partial charge in [0.05, 0.1) is 0 Å². The fourth-order valence-corrected chi connectivity index (χ4v) is 2.57. The molecule has 1 aromatic carbocycles. The van der Waals surface area contributed by atoms with E-state index in [4.69, 9.17) is 0 Å². The molecule has 1 unspecified atom stereocenters. The van der Waals surface area contributed by atoms with Crippen molar-refractivity contribution in [2.24, 2.45) is 11.8 Å². The third-order valence-electron chi connectivity index (χ3n) is 3.59. The van der Waals surface area contributed by atoms with Crippen LogP contribution in [-0.4, -0.2) is 13.1 Å². The van der Waals surface area contributed by atoms with Crippen molar-refractivity contribution in [2.45, 2.75) is 26.2 Å². The fourth-order valence-electron chi connectivity index (χ4n) is 2.57. The normalized spacial score (nSPS) is 20.1. The van der Waals surface area contributed by atoms with Crippen LogP contribution in [0.2, 0.25) is 0 Å². The highest BCUT2D eigenvalue weighted by Crippen LogP contribution is 2.24. The number of hydrogen-bond donors (Lipinski definition) is 1. The van der Waals surface area contributed by atoms with E-state index in [1.165, 1.54) is 37.9 Å². The summed E-state index contributed by atoms with van der Waals surface area (Å²) in [5.74, 6) is 1.75. The molecule has 1 atom stereocenters. The summed E-state index contributed by atoms with van der Waals surface area (Å²) in [5, 5.41) is 3.43. The summed E-state index contributed by atoms with van der Waals surface area (Å²) in [6.07, 6.45) is 3.95. The van der Waals surface area contributed by atoms with E-state index in [9.17, 15) is 0 Å². The lowest BCUT2D eigenvalue weighted by molar-refractivity contribution is 0.274. The highest BCUT2D eigenvalue weighted by Gasteiger charge is 2.19. The Balaban J connectivity index is 1.88. The molecule has 82 valence electrons. The van der Waals surface area contributed by atoms with Crippen LogP contribution in [0.25, 0.3) is 0 Å². The highest BCUT2D eigenvalue weighted by molar-refractivity contribution is 5.15. The van der Waals surface area contributed by atoms with Gasteiger partial charge in [0.1, 0.15) is 0 Å². The lowest BCUT2D eigenvalue weighted by Crippen LogP contribution is -2.31. The smallest absolute Gasteiger partial charge is 0.00462 e. The van der Waals surface area contributed by atoms with Crippen LogP contribution in [0, 0.1) is 11.8 Å². The van der Waals surface area contributed by atoms with Crippen molar-refractivity contribution in [3.05, 3.63) is 35.9 Å². The van der Waals surface area contributed by atoms with Crippen molar-refractivity contribution in [1.82, 2.24) is 5.32 Å². The zero-order valence-electron chi connectivity index (χ0n) is 9.58. The molecule has 0 spiro atoms. The molecule has 1 aliphatic heterocycles. The molecule has 0 amide bonds. The number of piperidine rings is 1. The van der Waals surface area contributed by atoms with E-state index in [0.717, 1.165) is 11.8 Å². The lowest BCUT2D eigenvalue weighted by atomic mass is 9.82. The third kappa shape index (κ3) is 3.07. The van der Waals surface area contributed by atoms with Gasteiger partial charge >= 0.3 is 0 Å². The van der Waals surface area contributed by atoms with Crippen molar-refractivity contribution < 1.29 is 0 Å². The molecule has 1 nitrogen and oxygen atoms in total. The first-order valence-corrected chi connectivity index (χ1v) is 6.11. The van der Waals surface area contributed by atoms with Gasteiger partial charge in [-0.25, -0.2) is 0 Å².